The van der Waals surface area contributed by atoms with Gasteiger partial charge >= 0.3 is 6.36 Å². The molecule has 3 heterocycles. The van der Waals surface area contributed by atoms with Crippen molar-refractivity contribution in [1.29, 1.82) is 0 Å². The number of halogens is 4. The highest BCUT2D eigenvalue weighted by Gasteiger charge is 2.31. The van der Waals surface area contributed by atoms with E-state index in [0.29, 0.717) is 34.6 Å². The molecule has 0 radical (unpaired) electrons. The van der Waals surface area contributed by atoms with Crippen LogP contribution in [0.2, 0.25) is 5.02 Å². The fourth-order valence-electron chi connectivity index (χ4n) is 5.76. The molecule has 2 aromatic heterocycles. The highest BCUT2D eigenvalue weighted by atomic mass is 35.5. The number of ketones is 1. The first kappa shape index (κ1) is 28.8. The van der Waals surface area contributed by atoms with Crippen molar-refractivity contribution < 1.29 is 22.7 Å². The van der Waals surface area contributed by atoms with Crippen molar-refractivity contribution in [1.82, 2.24) is 9.61 Å². The molecular formula is C34H29ClF3N3O2. The van der Waals surface area contributed by atoms with Gasteiger partial charge in [0.15, 0.2) is 5.78 Å². The van der Waals surface area contributed by atoms with Crippen LogP contribution in [0.1, 0.15) is 46.7 Å². The molecule has 0 spiro atoms. The van der Waals surface area contributed by atoms with E-state index in [9.17, 15) is 18.0 Å². The fourth-order valence-corrected chi connectivity index (χ4v) is 5.92. The Kier molecular flexibility index (Phi) is 8.13. The Morgan fingerprint density at radius 3 is 2.30 bits per heavy atom. The van der Waals surface area contributed by atoms with E-state index in [4.69, 9.17) is 11.6 Å². The summed E-state index contributed by atoms with van der Waals surface area (Å²) in [5, 5.41) is 5.24. The first-order valence-corrected chi connectivity index (χ1v) is 14.6. The van der Waals surface area contributed by atoms with Crippen molar-refractivity contribution in [2.24, 2.45) is 0 Å². The second-order valence-corrected chi connectivity index (χ2v) is 11.2. The molecule has 0 unspecified atom stereocenters. The summed E-state index contributed by atoms with van der Waals surface area (Å²) in [6.07, 6.45) is -0.168. The maximum Gasteiger partial charge on any atom is 0.573 e. The summed E-state index contributed by atoms with van der Waals surface area (Å²) in [5.41, 5.74) is 6.02. The lowest BCUT2D eigenvalue weighted by Gasteiger charge is -2.34. The maximum atomic E-state index is 13.6. The minimum atomic E-state index is -4.69. The van der Waals surface area contributed by atoms with Crippen LogP contribution in [-0.2, 0) is 6.42 Å². The molecule has 1 saturated heterocycles. The third-order valence-electron chi connectivity index (χ3n) is 7.95. The van der Waals surface area contributed by atoms with Crippen LogP contribution in [0.25, 0.3) is 16.8 Å². The van der Waals surface area contributed by atoms with Gasteiger partial charge in [-0.25, -0.2) is 4.52 Å². The number of carbonyl (C=O) groups is 1. The summed E-state index contributed by atoms with van der Waals surface area (Å²) in [4.78, 5) is 15.9. The molecule has 5 aromatic rings. The number of rotatable bonds is 8. The van der Waals surface area contributed by atoms with Gasteiger partial charge in [-0.3, -0.25) is 4.79 Å². The van der Waals surface area contributed by atoms with Crippen molar-refractivity contribution >= 4 is 28.6 Å². The van der Waals surface area contributed by atoms with Gasteiger partial charge < -0.3 is 9.64 Å². The molecule has 9 heteroatoms. The van der Waals surface area contributed by atoms with Gasteiger partial charge in [0.1, 0.15) is 11.4 Å². The molecule has 0 N–H and O–H groups in total. The molecule has 5 nitrogen and oxygen atoms in total. The normalized spacial score (nSPS) is 14.3. The number of carbonyl (C=O) groups excluding carboxylic acids is 1. The number of fused-ring (bicyclic) bond motifs is 1. The Morgan fingerprint density at radius 1 is 0.930 bits per heavy atom. The number of Topliss-reactive ketones (excluding diaryl/α,β-unsaturated/α-hetero) is 1. The predicted octanol–water partition coefficient (Wildman–Crippen LogP) is 8.75. The summed E-state index contributed by atoms with van der Waals surface area (Å²) in [5.74, 6) is 0.104. The lowest BCUT2D eigenvalue weighted by Crippen LogP contribution is -2.32. The summed E-state index contributed by atoms with van der Waals surface area (Å²) >= 11 is 6.27. The molecule has 0 bridgehead atoms. The lowest BCUT2D eigenvalue weighted by molar-refractivity contribution is -0.274. The van der Waals surface area contributed by atoms with E-state index in [1.807, 2.05) is 30.3 Å². The number of hydrogen-bond donors (Lipinski definition) is 0. The highest BCUT2D eigenvalue weighted by molar-refractivity contribution is 6.31. The van der Waals surface area contributed by atoms with E-state index in [1.165, 1.54) is 12.1 Å². The number of aromatic nitrogens is 2. The average Bonchev–Trinajstić information content (AvgIpc) is 3.39. The van der Waals surface area contributed by atoms with Crippen LogP contribution in [0.3, 0.4) is 0 Å². The molecule has 0 amide bonds. The first-order valence-electron chi connectivity index (χ1n) is 14.2. The van der Waals surface area contributed by atoms with Crippen LogP contribution in [0.4, 0.5) is 18.9 Å². The van der Waals surface area contributed by atoms with Crippen LogP contribution < -0.4 is 9.64 Å². The minimum absolute atomic E-state index is 0.0141. The van der Waals surface area contributed by atoms with Gasteiger partial charge in [0.05, 0.1) is 11.1 Å². The third-order valence-corrected chi connectivity index (χ3v) is 8.18. The van der Waals surface area contributed by atoms with Crippen molar-refractivity contribution in [2.75, 3.05) is 18.0 Å². The average molecular weight is 604 g/mol. The Balaban J connectivity index is 1.08. The zero-order valence-electron chi connectivity index (χ0n) is 23.2. The van der Waals surface area contributed by atoms with Crippen LogP contribution in [-0.4, -0.2) is 34.8 Å². The summed E-state index contributed by atoms with van der Waals surface area (Å²) in [6.45, 7) is 1.70. The van der Waals surface area contributed by atoms with Crippen LogP contribution in [0.5, 0.6) is 5.75 Å². The van der Waals surface area contributed by atoms with E-state index in [0.717, 1.165) is 48.3 Å². The quantitative estimate of drug-likeness (QED) is 0.166. The van der Waals surface area contributed by atoms with Gasteiger partial charge in [-0.1, -0.05) is 66.2 Å². The topological polar surface area (TPSA) is 46.8 Å². The van der Waals surface area contributed by atoms with Crippen molar-refractivity contribution in [3.05, 3.63) is 119 Å². The number of aryl methyl sites for hydroxylation is 1. The zero-order chi connectivity index (χ0) is 30.0. The molecule has 0 aliphatic carbocycles. The van der Waals surface area contributed by atoms with Crippen LogP contribution >= 0.6 is 11.6 Å². The number of ether oxygens (including phenoxy) is 1. The van der Waals surface area contributed by atoms with Gasteiger partial charge in [-0.05, 0) is 72.7 Å². The fraction of sp³-hybridized carbons (Fsp3) is 0.235. The van der Waals surface area contributed by atoms with Gasteiger partial charge in [-0.15, -0.1) is 13.2 Å². The Hall–Kier alpha value is -4.30. The van der Waals surface area contributed by atoms with E-state index in [2.05, 4.69) is 39.0 Å². The standard InChI is InChI=1S/C34H29ClF3N3O2/c35-27-18-21-41-30(22-27)32(33(39-41)26-4-2-1-3-5-26)31(42)15-8-23-6-11-28(12-7-23)40-19-16-25(17-20-40)24-9-13-29(14-10-24)43-34(36,37)38/h1-7,9-14,18,21-22,25H,8,15-17,19-20H2. The molecule has 43 heavy (non-hydrogen) atoms. The number of alkyl halides is 3. The summed E-state index contributed by atoms with van der Waals surface area (Å²) in [7, 11) is 0. The maximum absolute atomic E-state index is 13.6. The summed E-state index contributed by atoms with van der Waals surface area (Å²) < 4.78 is 43.0. The highest BCUT2D eigenvalue weighted by Crippen LogP contribution is 2.33. The number of benzene rings is 3. The lowest BCUT2D eigenvalue weighted by atomic mass is 9.89. The van der Waals surface area contributed by atoms with E-state index < -0.39 is 6.36 Å². The second kappa shape index (κ2) is 12.1. The number of piperidine rings is 1. The van der Waals surface area contributed by atoms with Gasteiger partial charge in [0, 0.05) is 42.0 Å². The van der Waals surface area contributed by atoms with Gasteiger partial charge in [0.2, 0.25) is 0 Å². The molecule has 3 aromatic carbocycles. The summed E-state index contributed by atoms with van der Waals surface area (Å²) in [6, 6.07) is 27.8. The van der Waals surface area contributed by atoms with Gasteiger partial charge in [-0.2, -0.15) is 5.10 Å². The first-order chi connectivity index (χ1) is 20.7. The van der Waals surface area contributed by atoms with E-state index >= 15 is 0 Å². The molecular weight excluding hydrogens is 575 g/mol. The van der Waals surface area contributed by atoms with Crippen molar-refractivity contribution in [3.8, 4) is 17.0 Å². The molecule has 6 rings (SSSR count). The Bertz CT molecular complexity index is 1710. The zero-order valence-corrected chi connectivity index (χ0v) is 24.0. The predicted molar refractivity (Wildman–Crippen MR) is 162 cm³/mol. The van der Waals surface area contributed by atoms with Gasteiger partial charge in [0.25, 0.3) is 0 Å². The second-order valence-electron chi connectivity index (χ2n) is 10.7. The molecule has 1 aliphatic heterocycles. The Morgan fingerprint density at radius 2 is 1.63 bits per heavy atom. The SMILES string of the molecule is O=C(CCc1ccc(N2CCC(c3ccc(OC(F)(F)F)cc3)CC2)cc1)c1c(-c2ccccc2)nn2ccc(Cl)cc12. The smallest absolute Gasteiger partial charge is 0.406 e. The molecule has 1 fully saturated rings. The third kappa shape index (κ3) is 6.70. The molecule has 0 atom stereocenters. The van der Waals surface area contributed by atoms with E-state index in [1.54, 1.807) is 35.0 Å². The number of pyridine rings is 1. The monoisotopic (exact) mass is 603 g/mol. The number of hydrogen-bond acceptors (Lipinski definition) is 4. The minimum Gasteiger partial charge on any atom is -0.406 e. The molecule has 220 valence electrons. The molecule has 0 saturated carbocycles. The largest absolute Gasteiger partial charge is 0.573 e. The Labute approximate surface area is 252 Å². The number of anilines is 1. The van der Waals surface area contributed by atoms with Crippen LogP contribution in [0.15, 0.2) is 97.2 Å². The van der Waals surface area contributed by atoms with E-state index in [-0.39, 0.29) is 17.5 Å². The molecule has 1 aliphatic rings. The van der Waals surface area contributed by atoms with Crippen molar-refractivity contribution in [3.63, 3.8) is 0 Å². The number of nitrogens with zero attached hydrogens (tertiary/aromatic N) is 3. The van der Waals surface area contributed by atoms with Crippen molar-refractivity contribution in [2.45, 2.75) is 38.0 Å². The van der Waals surface area contributed by atoms with Crippen LogP contribution in [0, 0.1) is 0 Å².